The molecule has 1 aromatic carbocycles. The lowest BCUT2D eigenvalue weighted by Gasteiger charge is -2.32. The Balaban J connectivity index is 0.00000306. The highest BCUT2D eigenvalue weighted by Gasteiger charge is 2.25. The van der Waals surface area contributed by atoms with Crippen molar-refractivity contribution in [2.75, 3.05) is 31.1 Å². The van der Waals surface area contributed by atoms with Crippen LogP contribution in [0.4, 0.5) is 5.82 Å². The van der Waals surface area contributed by atoms with E-state index in [0.29, 0.717) is 13.1 Å². The predicted octanol–water partition coefficient (Wildman–Crippen LogP) is 2.46. The molecule has 33 heavy (non-hydrogen) atoms. The summed E-state index contributed by atoms with van der Waals surface area (Å²) in [7, 11) is 0. The second kappa shape index (κ2) is 12.1. The summed E-state index contributed by atoms with van der Waals surface area (Å²) in [4.78, 5) is 23.1. The second-order valence-corrected chi connectivity index (χ2v) is 8.28. The van der Waals surface area contributed by atoms with Crippen LogP contribution in [0.1, 0.15) is 30.9 Å². The maximum atomic E-state index is 11.5. The van der Waals surface area contributed by atoms with Crippen molar-refractivity contribution in [3.8, 4) is 5.75 Å². The van der Waals surface area contributed by atoms with Crippen LogP contribution >= 0.6 is 24.0 Å². The fourth-order valence-corrected chi connectivity index (χ4v) is 4.30. The van der Waals surface area contributed by atoms with Gasteiger partial charge in [-0.15, -0.1) is 24.0 Å². The number of nitrogens with zero attached hydrogens (tertiary/aromatic N) is 3. The molecular formula is C24H33IN6O2. The van der Waals surface area contributed by atoms with Gasteiger partial charge in [0.1, 0.15) is 17.7 Å². The van der Waals surface area contributed by atoms with Gasteiger partial charge in [0.15, 0.2) is 5.96 Å². The van der Waals surface area contributed by atoms with Crippen LogP contribution in [0.5, 0.6) is 5.75 Å². The number of nitrogens with one attached hydrogen (secondary N) is 2. The number of ether oxygens (including phenoxy) is 1. The molecule has 3 heterocycles. The van der Waals surface area contributed by atoms with Crippen LogP contribution in [-0.4, -0.2) is 49.1 Å². The zero-order valence-electron chi connectivity index (χ0n) is 19.0. The van der Waals surface area contributed by atoms with E-state index in [-0.39, 0.29) is 41.9 Å². The molecule has 178 valence electrons. The number of aromatic nitrogens is 1. The minimum atomic E-state index is -0.203. The molecule has 0 saturated carbocycles. The van der Waals surface area contributed by atoms with E-state index >= 15 is 0 Å². The maximum absolute atomic E-state index is 11.5. The molecule has 1 aromatic heterocycles. The first-order valence-corrected chi connectivity index (χ1v) is 11.4. The summed E-state index contributed by atoms with van der Waals surface area (Å²) >= 11 is 0. The minimum absolute atomic E-state index is 0. The van der Waals surface area contributed by atoms with Gasteiger partial charge in [0.05, 0.1) is 13.1 Å². The Hall–Kier alpha value is -2.56. The van der Waals surface area contributed by atoms with Crippen LogP contribution in [-0.2, 0) is 17.8 Å². The third-order valence-electron chi connectivity index (χ3n) is 6.03. The zero-order valence-corrected chi connectivity index (χ0v) is 21.3. The number of anilines is 1. The molecule has 2 aliphatic rings. The Morgan fingerprint density at radius 3 is 2.73 bits per heavy atom. The van der Waals surface area contributed by atoms with Gasteiger partial charge in [0.25, 0.3) is 0 Å². The number of para-hydroxylation sites is 1. The number of rotatable bonds is 7. The fourth-order valence-electron chi connectivity index (χ4n) is 4.30. The van der Waals surface area contributed by atoms with Crippen molar-refractivity contribution in [3.63, 3.8) is 0 Å². The molecule has 2 aromatic rings. The number of benzene rings is 1. The van der Waals surface area contributed by atoms with Crippen molar-refractivity contribution in [2.45, 2.75) is 38.8 Å². The van der Waals surface area contributed by atoms with Gasteiger partial charge >= 0.3 is 0 Å². The summed E-state index contributed by atoms with van der Waals surface area (Å²) in [6.45, 7) is 5.58. The highest BCUT2D eigenvalue weighted by atomic mass is 127. The molecule has 9 heteroatoms. The van der Waals surface area contributed by atoms with Crippen LogP contribution < -0.4 is 26.0 Å². The van der Waals surface area contributed by atoms with Gasteiger partial charge < -0.3 is 26.0 Å². The number of halogens is 1. The molecule has 1 saturated heterocycles. The molecule has 2 aliphatic heterocycles. The van der Waals surface area contributed by atoms with Crippen LogP contribution in [0.2, 0.25) is 0 Å². The van der Waals surface area contributed by atoms with Gasteiger partial charge in [-0.1, -0.05) is 24.3 Å². The fraction of sp³-hybridized carbons (Fsp3) is 0.458. The van der Waals surface area contributed by atoms with E-state index in [9.17, 15) is 4.79 Å². The largest absolute Gasteiger partial charge is 0.488 e. The Bertz CT molecular complexity index is 936. The van der Waals surface area contributed by atoms with E-state index in [0.717, 1.165) is 62.0 Å². The number of hydrogen-bond donors (Lipinski definition) is 3. The van der Waals surface area contributed by atoms with Crippen molar-refractivity contribution in [2.24, 2.45) is 16.6 Å². The molecule has 1 atom stereocenters. The number of piperidine rings is 1. The molecule has 4 N–H and O–H groups in total. The number of primary amides is 1. The van der Waals surface area contributed by atoms with E-state index < -0.39 is 0 Å². The summed E-state index contributed by atoms with van der Waals surface area (Å²) in [5, 5.41) is 6.73. The number of carbonyl (C=O) groups excluding carboxylic acids is 1. The molecule has 4 rings (SSSR count). The molecule has 0 radical (unpaired) electrons. The molecule has 1 fully saturated rings. The van der Waals surface area contributed by atoms with Crippen molar-refractivity contribution in [1.29, 1.82) is 0 Å². The van der Waals surface area contributed by atoms with E-state index in [1.807, 2.05) is 24.3 Å². The molecule has 1 amide bonds. The average molecular weight is 564 g/mol. The van der Waals surface area contributed by atoms with Crippen molar-refractivity contribution < 1.29 is 9.53 Å². The Morgan fingerprint density at radius 2 is 2.00 bits per heavy atom. The SMILES string of the molecule is CCNC(=NCc1cccnc1N1CCC(C(N)=O)CC1)NCC1Cc2ccccc2O1.I. The molecule has 0 aliphatic carbocycles. The second-order valence-electron chi connectivity index (χ2n) is 8.28. The van der Waals surface area contributed by atoms with Gasteiger partial charge in [-0.25, -0.2) is 9.98 Å². The number of carbonyl (C=O) groups is 1. The molecule has 0 bridgehead atoms. The zero-order chi connectivity index (χ0) is 22.3. The highest BCUT2D eigenvalue weighted by Crippen LogP contribution is 2.28. The normalized spacial score (nSPS) is 18.2. The lowest BCUT2D eigenvalue weighted by atomic mass is 9.96. The number of amides is 1. The van der Waals surface area contributed by atoms with Gasteiger partial charge in [-0.3, -0.25) is 4.79 Å². The molecular weight excluding hydrogens is 531 g/mol. The van der Waals surface area contributed by atoms with Gasteiger partial charge in [-0.2, -0.15) is 0 Å². The number of nitrogens with two attached hydrogens (primary N) is 1. The average Bonchev–Trinajstić information content (AvgIpc) is 3.24. The van der Waals surface area contributed by atoms with Crippen LogP contribution in [0.25, 0.3) is 0 Å². The third-order valence-corrected chi connectivity index (χ3v) is 6.03. The summed E-state index contributed by atoms with van der Waals surface area (Å²) in [6.07, 6.45) is 4.33. The molecule has 1 unspecified atom stereocenters. The molecule has 8 nitrogen and oxygen atoms in total. The minimum Gasteiger partial charge on any atom is -0.488 e. The van der Waals surface area contributed by atoms with Crippen molar-refractivity contribution in [3.05, 3.63) is 53.7 Å². The maximum Gasteiger partial charge on any atom is 0.220 e. The molecule has 0 spiro atoms. The third kappa shape index (κ3) is 6.49. The van der Waals surface area contributed by atoms with Crippen LogP contribution in [0, 0.1) is 5.92 Å². The van der Waals surface area contributed by atoms with E-state index in [4.69, 9.17) is 15.5 Å². The standard InChI is InChI=1S/C24H32N6O2.HI/c1-2-26-24(29-16-20-14-18-6-3-4-8-21(18)32-20)28-15-19-7-5-11-27-23(19)30-12-9-17(10-13-30)22(25)31;/h3-8,11,17,20H,2,9-10,12-16H2,1H3,(H2,25,31)(H2,26,28,29);1H. The van der Waals surface area contributed by atoms with Crippen LogP contribution in [0.3, 0.4) is 0 Å². The quantitative estimate of drug-likeness (QED) is 0.271. The lowest BCUT2D eigenvalue weighted by molar-refractivity contribution is -0.122. The van der Waals surface area contributed by atoms with Gasteiger partial charge in [-0.05, 0) is 37.5 Å². The Kier molecular flexibility index (Phi) is 9.16. The number of pyridine rings is 1. The summed E-state index contributed by atoms with van der Waals surface area (Å²) in [5.74, 6) is 2.43. The smallest absolute Gasteiger partial charge is 0.220 e. The topological polar surface area (TPSA) is 105 Å². The first-order valence-electron chi connectivity index (χ1n) is 11.4. The first kappa shape index (κ1) is 25.1. The van der Waals surface area contributed by atoms with E-state index in [1.54, 1.807) is 6.20 Å². The Morgan fingerprint density at radius 1 is 1.21 bits per heavy atom. The number of hydrogen-bond acceptors (Lipinski definition) is 5. The predicted molar refractivity (Wildman–Crippen MR) is 141 cm³/mol. The number of guanidine groups is 1. The highest BCUT2D eigenvalue weighted by molar-refractivity contribution is 14.0. The summed E-state index contributed by atoms with van der Waals surface area (Å²) < 4.78 is 6.03. The van der Waals surface area contributed by atoms with E-state index in [2.05, 4.69) is 39.6 Å². The van der Waals surface area contributed by atoms with E-state index in [1.165, 1.54) is 5.56 Å². The van der Waals surface area contributed by atoms with Crippen molar-refractivity contribution >= 4 is 41.7 Å². The number of aliphatic imine (C=N–C) groups is 1. The first-order chi connectivity index (χ1) is 15.6. The van der Waals surface area contributed by atoms with Gasteiger partial charge in [0.2, 0.25) is 5.91 Å². The number of fused-ring (bicyclic) bond motifs is 1. The van der Waals surface area contributed by atoms with Crippen molar-refractivity contribution in [1.82, 2.24) is 15.6 Å². The lowest BCUT2D eigenvalue weighted by Crippen LogP contribution is -2.42. The Labute approximate surface area is 212 Å². The van der Waals surface area contributed by atoms with Gasteiger partial charge in [0, 0.05) is 43.7 Å². The monoisotopic (exact) mass is 564 g/mol. The summed E-state index contributed by atoms with van der Waals surface area (Å²) in [5.41, 5.74) is 7.79. The van der Waals surface area contributed by atoms with Crippen LogP contribution in [0.15, 0.2) is 47.6 Å². The summed E-state index contributed by atoms with van der Waals surface area (Å²) in [6, 6.07) is 12.2.